The van der Waals surface area contributed by atoms with Crippen molar-refractivity contribution in [2.24, 2.45) is 5.92 Å². The van der Waals surface area contributed by atoms with Gasteiger partial charge < -0.3 is 14.8 Å². The van der Waals surface area contributed by atoms with Crippen molar-refractivity contribution >= 4 is 34.9 Å². The molecule has 2 heterocycles. The molecule has 0 fully saturated rings. The molecule has 1 aromatic heterocycles. The zero-order chi connectivity index (χ0) is 21.4. The van der Waals surface area contributed by atoms with Crippen molar-refractivity contribution in [2.75, 3.05) is 7.11 Å². The maximum absolute atomic E-state index is 13.4. The van der Waals surface area contributed by atoms with E-state index in [1.165, 1.54) is 31.4 Å². The fourth-order valence-corrected chi connectivity index (χ4v) is 6.04. The predicted octanol–water partition coefficient (Wildman–Crippen LogP) is 3.77. The number of hydrogen-bond donors (Lipinski definition) is 2. The summed E-state index contributed by atoms with van der Waals surface area (Å²) in [6, 6.07) is 12.0. The first-order chi connectivity index (χ1) is 14.4. The largest absolute Gasteiger partial charge is 0.497 e. The van der Waals surface area contributed by atoms with Crippen LogP contribution in [0.25, 0.3) is 0 Å². The highest BCUT2D eigenvalue weighted by Crippen LogP contribution is 2.50. The lowest BCUT2D eigenvalue weighted by Gasteiger charge is -2.34. The Morgan fingerprint density at radius 2 is 1.77 bits per heavy atom. The smallest absolute Gasteiger partial charge is 0.317 e. The summed E-state index contributed by atoms with van der Waals surface area (Å²) in [6.45, 7) is 0. The number of aliphatic carboxylic acids is 1. The van der Waals surface area contributed by atoms with Crippen molar-refractivity contribution in [1.29, 1.82) is 0 Å². The summed E-state index contributed by atoms with van der Waals surface area (Å²) < 4.78 is 18.5. The van der Waals surface area contributed by atoms with Crippen LogP contribution in [-0.2, 0) is 4.79 Å². The zero-order valence-electron chi connectivity index (χ0n) is 15.6. The fourth-order valence-electron chi connectivity index (χ4n) is 3.63. The van der Waals surface area contributed by atoms with Crippen LogP contribution in [0.1, 0.15) is 26.7 Å². The number of hydrogen-bond acceptors (Lipinski definition) is 6. The molecule has 30 heavy (non-hydrogen) atoms. The van der Waals surface area contributed by atoms with Crippen molar-refractivity contribution < 1.29 is 23.8 Å². The molecule has 0 bridgehead atoms. The van der Waals surface area contributed by atoms with E-state index >= 15 is 0 Å². The minimum atomic E-state index is -1.16. The molecule has 0 unspecified atom stereocenters. The number of ether oxygens (including phenoxy) is 1. The Bertz CT molecular complexity index is 1150. The van der Waals surface area contributed by atoms with Gasteiger partial charge in [-0.25, -0.2) is 4.39 Å². The third kappa shape index (κ3) is 3.66. The van der Waals surface area contributed by atoms with Gasteiger partial charge in [-0.2, -0.15) is 0 Å². The van der Waals surface area contributed by atoms with Crippen LogP contribution in [0.5, 0.6) is 5.75 Å². The lowest BCUT2D eigenvalue weighted by Crippen LogP contribution is -2.39. The Balaban J connectivity index is 1.89. The standard InChI is InChI=1S/C21H16FNO5S2/c1-28-13-8-4-10(5-9-13)14-15(16(24)11-2-6-12(22)7-3-11)18(20(25)26)29-19-17(14)30-21(27)23-19/h2-9,14-15,18H,1H3,(H,23,27)(H,25,26)/t14-,15+,18+/m0/s1. The van der Waals surface area contributed by atoms with Gasteiger partial charge in [0.1, 0.15) is 16.8 Å². The second kappa shape index (κ2) is 8.08. The molecule has 3 aromatic rings. The Morgan fingerprint density at radius 3 is 2.37 bits per heavy atom. The first-order valence-electron chi connectivity index (χ1n) is 8.95. The number of halogens is 1. The molecule has 4 rings (SSSR count). The number of carbonyl (C=O) groups is 2. The number of ketones is 1. The molecular weight excluding hydrogens is 429 g/mol. The van der Waals surface area contributed by atoms with Gasteiger partial charge in [-0.3, -0.25) is 14.4 Å². The topological polar surface area (TPSA) is 96.5 Å². The van der Waals surface area contributed by atoms with Gasteiger partial charge in [-0.05, 0) is 42.0 Å². The number of rotatable bonds is 5. The van der Waals surface area contributed by atoms with Gasteiger partial charge in [0.25, 0.3) is 0 Å². The van der Waals surface area contributed by atoms with E-state index in [2.05, 4.69) is 4.98 Å². The van der Waals surface area contributed by atoms with Crippen LogP contribution in [-0.4, -0.2) is 34.2 Å². The summed E-state index contributed by atoms with van der Waals surface area (Å²) in [5.41, 5.74) is 0.914. The molecule has 0 amide bonds. The van der Waals surface area contributed by atoms with Crippen molar-refractivity contribution in [3.8, 4) is 5.75 Å². The number of carbonyl (C=O) groups excluding carboxylic acids is 1. The van der Waals surface area contributed by atoms with Crippen LogP contribution in [0.4, 0.5) is 4.39 Å². The second-order valence-corrected chi connectivity index (χ2v) is 8.90. The molecule has 154 valence electrons. The molecule has 1 aliphatic heterocycles. The second-order valence-electron chi connectivity index (χ2n) is 6.73. The molecule has 6 nitrogen and oxygen atoms in total. The average Bonchev–Trinajstić information content (AvgIpc) is 3.12. The van der Waals surface area contributed by atoms with Crippen molar-refractivity contribution in [3.63, 3.8) is 0 Å². The maximum Gasteiger partial charge on any atom is 0.317 e. The lowest BCUT2D eigenvalue weighted by atomic mass is 9.78. The van der Waals surface area contributed by atoms with E-state index in [0.29, 0.717) is 21.2 Å². The fraction of sp³-hybridized carbons (Fsp3) is 0.190. The highest BCUT2D eigenvalue weighted by atomic mass is 32.2. The van der Waals surface area contributed by atoms with E-state index in [-0.39, 0.29) is 10.4 Å². The minimum Gasteiger partial charge on any atom is -0.497 e. The van der Waals surface area contributed by atoms with Crippen LogP contribution in [0.3, 0.4) is 0 Å². The lowest BCUT2D eigenvalue weighted by molar-refractivity contribution is -0.137. The Hall–Kier alpha value is -2.91. The third-order valence-electron chi connectivity index (χ3n) is 5.00. The number of aromatic amines is 1. The van der Waals surface area contributed by atoms with Gasteiger partial charge in [-0.1, -0.05) is 35.2 Å². The Morgan fingerprint density at radius 1 is 1.10 bits per heavy atom. The first kappa shape index (κ1) is 20.4. The number of aromatic nitrogens is 1. The predicted molar refractivity (Wildman–Crippen MR) is 111 cm³/mol. The SMILES string of the molecule is COc1ccc([C@@H]2c3sc(=O)[nH]c3S[C@@H](C(=O)O)[C@H]2C(=O)c2ccc(F)cc2)cc1. The summed E-state index contributed by atoms with van der Waals surface area (Å²) in [6.07, 6.45) is 0. The van der Waals surface area contributed by atoms with Crippen molar-refractivity contribution in [1.82, 2.24) is 4.98 Å². The van der Waals surface area contributed by atoms with Gasteiger partial charge >= 0.3 is 10.8 Å². The van der Waals surface area contributed by atoms with E-state index < -0.39 is 34.7 Å². The van der Waals surface area contributed by atoms with Crippen LogP contribution >= 0.6 is 23.1 Å². The van der Waals surface area contributed by atoms with E-state index in [0.717, 1.165) is 23.1 Å². The molecule has 2 N–H and O–H groups in total. The van der Waals surface area contributed by atoms with Gasteiger partial charge in [0.15, 0.2) is 5.78 Å². The van der Waals surface area contributed by atoms with Gasteiger partial charge in [0.2, 0.25) is 0 Å². The van der Waals surface area contributed by atoms with E-state index in [9.17, 15) is 23.9 Å². The highest BCUT2D eigenvalue weighted by molar-refractivity contribution is 8.00. The molecule has 2 aromatic carbocycles. The molecule has 3 atom stereocenters. The summed E-state index contributed by atoms with van der Waals surface area (Å²) >= 11 is 1.93. The third-order valence-corrected chi connectivity index (χ3v) is 7.41. The van der Waals surface area contributed by atoms with E-state index in [1.807, 2.05) is 0 Å². The summed E-state index contributed by atoms with van der Waals surface area (Å²) in [7, 11) is 1.53. The van der Waals surface area contributed by atoms with Crippen LogP contribution in [0, 0.1) is 11.7 Å². The normalized spacial score (nSPS) is 20.4. The summed E-state index contributed by atoms with van der Waals surface area (Å²) in [4.78, 5) is 40.6. The number of H-pyrrole nitrogens is 1. The molecule has 0 saturated carbocycles. The number of carboxylic acid groups (broad SMARTS) is 1. The number of Topliss-reactive ketones (excluding diaryl/α,β-unsaturated/α-hetero) is 1. The molecule has 0 saturated heterocycles. The Labute approximate surface area is 178 Å². The number of thioether (sulfide) groups is 1. The van der Waals surface area contributed by atoms with Crippen LogP contribution in [0.2, 0.25) is 0 Å². The zero-order valence-corrected chi connectivity index (χ0v) is 17.3. The number of carboxylic acids is 1. The molecule has 9 heteroatoms. The number of nitrogens with one attached hydrogen (secondary N) is 1. The first-order valence-corrected chi connectivity index (χ1v) is 10.6. The van der Waals surface area contributed by atoms with Crippen molar-refractivity contribution in [2.45, 2.75) is 16.2 Å². The van der Waals surface area contributed by atoms with Crippen LogP contribution < -0.4 is 9.61 Å². The van der Waals surface area contributed by atoms with Crippen molar-refractivity contribution in [3.05, 3.63) is 80.0 Å². The van der Waals surface area contributed by atoms with E-state index in [1.54, 1.807) is 24.3 Å². The van der Waals surface area contributed by atoms with Gasteiger partial charge in [0.05, 0.1) is 18.1 Å². The number of benzene rings is 2. The number of fused-ring (bicyclic) bond motifs is 1. The summed E-state index contributed by atoms with van der Waals surface area (Å²) in [5, 5.41) is 9.23. The summed E-state index contributed by atoms with van der Waals surface area (Å²) in [5.74, 6) is -3.07. The highest BCUT2D eigenvalue weighted by Gasteiger charge is 2.47. The number of methoxy groups -OCH3 is 1. The minimum absolute atomic E-state index is 0.220. The van der Waals surface area contributed by atoms with E-state index in [4.69, 9.17) is 4.74 Å². The monoisotopic (exact) mass is 445 g/mol. The Kier molecular flexibility index (Phi) is 5.48. The van der Waals surface area contributed by atoms with Gasteiger partial charge in [0, 0.05) is 16.4 Å². The molecular formula is C21H16FNO5S2. The average molecular weight is 445 g/mol. The quantitative estimate of drug-likeness (QED) is 0.581. The van der Waals surface area contributed by atoms with Gasteiger partial charge in [-0.15, -0.1) is 0 Å². The molecule has 1 aliphatic rings. The molecule has 0 spiro atoms. The maximum atomic E-state index is 13.4. The molecule has 0 radical (unpaired) electrons. The number of thiazole rings is 1. The molecule has 0 aliphatic carbocycles. The van der Waals surface area contributed by atoms with Crippen LogP contribution in [0.15, 0.2) is 58.4 Å².